The molecule has 2 aromatic heterocycles. The molecule has 0 N–H and O–H groups in total. The Kier molecular flexibility index (Phi) is 6.66. The molecule has 0 atom stereocenters. The van der Waals surface area contributed by atoms with Gasteiger partial charge in [-0.25, -0.2) is 4.90 Å². The van der Waals surface area contributed by atoms with Crippen molar-refractivity contribution in [3.8, 4) is 5.75 Å². The molecule has 0 bridgehead atoms. The van der Waals surface area contributed by atoms with Crippen LogP contribution in [0.2, 0.25) is 0 Å². The first-order chi connectivity index (χ1) is 15.7. The number of benzene rings is 1. The molecule has 3 heterocycles. The third-order valence-corrected chi connectivity index (χ3v) is 6.24. The Labute approximate surface area is 191 Å². The van der Waals surface area contributed by atoms with Crippen LogP contribution in [0.3, 0.4) is 0 Å². The maximum atomic E-state index is 13.7. The minimum atomic E-state index is -0.318. The zero-order valence-electron chi connectivity index (χ0n) is 18.2. The van der Waals surface area contributed by atoms with Crippen molar-refractivity contribution >= 4 is 34.4 Å². The molecule has 1 aromatic carbocycles. The van der Waals surface area contributed by atoms with Gasteiger partial charge in [0.05, 0.1) is 17.9 Å². The minimum absolute atomic E-state index is 0.317. The van der Waals surface area contributed by atoms with Gasteiger partial charge in [-0.05, 0) is 61.5 Å². The highest BCUT2D eigenvalue weighted by Crippen LogP contribution is 2.39. The monoisotopic (exact) mass is 447 g/mol. The number of aromatic nitrogens is 1. The van der Waals surface area contributed by atoms with Gasteiger partial charge in [0.1, 0.15) is 11.4 Å². The van der Waals surface area contributed by atoms with Gasteiger partial charge in [0.15, 0.2) is 0 Å². The Morgan fingerprint density at radius 2 is 1.78 bits per heavy atom. The summed E-state index contributed by atoms with van der Waals surface area (Å²) in [4.78, 5) is 35.5. The number of likely N-dealkylation sites (N-methyl/N-ethyl adjacent to an activating group) is 1. The van der Waals surface area contributed by atoms with Gasteiger partial charge < -0.3 is 9.64 Å². The zero-order chi connectivity index (χ0) is 22.5. The van der Waals surface area contributed by atoms with Crippen LogP contribution >= 0.6 is 11.3 Å². The van der Waals surface area contributed by atoms with Gasteiger partial charge in [-0.2, -0.15) is 0 Å². The fraction of sp³-hybridized carbons (Fsp3) is 0.240. The standard InChI is InChI=1S/C25H25N3O3S/c1-3-27(16-13-18-11-14-26-15-12-18)23-22(21-10-7-17-32-21)24(29)28(25(23)30)19-8-5-6-9-20(19)31-4-2/h5-12,14-15,17H,3-4,13,16H2,1-2H3. The van der Waals surface area contributed by atoms with Crippen LogP contribution in [-0.4, -0.2) is 41.4 Å². The molecule has 0 aliphatic carbocycles. The van der Waals surface area contributed by atoms with E-state index in [1.165, 1.54) is 16.2 Å². The molecule has 0 unspecified atom stereocenters. The molecule has 6 nitrogen and oxygen atoms in total. The van der Waals surface area contributed by atoms with Gasteiger partial charge in [-0.15, -0.1) is 11.3 Å². The highest BCUT2D eigenvalue weighted by atomic mass is 32.1. The van der Waals surface area contributed by atoms with Crippen LogP contribution in [0.25, 0.3) is 5.57 Å². The molecule has 7 heteroatoms. The predicted octanol–water partition coefficient (Wildman–Crippen LogP) is 4.39. The average Bonchev–Trinajstić information content (AvgIpc) is 3.42. The largest absolute Gasteiger partial charge is 0.492 e. The second-order valence-corrected chi connectivity index (χ2v) is 8.18. The number of rotatable bonds is 9. The van der Waals surface area contributed by atoms with E-state index in [-0.39, 0.29) is 11.8 Å². The number of hydrogen-bond donors (Lipinski definition) is 0. The van der Waals surface area contributed by atoms with Gasteiger partial charge in [0.25, 0.3) is 11.8 Å². The molecule has 1 aliphatic heterocycles. The van der Waals surface area contributed by atoms with E-state index in [0.717, 1.165) is 16.9 Å². The average molecular weight is 448 g/mol. The smallest absolute Gasteiger partial charge is 0.282 e. The fourth-order valence-electron chi connectivity index (χ4n) is 3.83. The van der Waals surface area contributed by atoms with E-state index in [0.29, 0.717) is 42.4 Å². The summed E-state index contributed by atoms with van der Waals surface area (Å²) >= 11 is 1.46. The summed E-state index contributed by atoms with van der Waals surface area (Å²) in [6, 6.07) is 14.9. The summed E-state index contributed by atoms with van der Waals surface area (Å²) in [5.74, 6) is -0.118. The molecule has 4 rings (SSSR count). The summed E-state index contributed by atoms with van der Waals surface area (Å²) in [6.07, 6.45) is 4.27. The Bertz CT molecular complexity index is 1130. The van der Waals surface area contributed by atoms with Crippen molar-refractivity contribution in [1.29, 1.82) is 0 Å². The lowest BCUT2D eigenvalue weighted by Crippen LogP contribution is -2.36. The topological polar surface area (TPSA) is 62.7 Å². The van der Waals surface area contributed by atoms with Crippen LogP contribution in [0, 0.1) is 0 Å². The third-order valence-electron chi connectivity index (χ3n) is 5.35. The van der Waals surface area contributed by atoms with E-state index in [1.807, 2.05) is 60.5 Å². The minimum Gasteiger partial charge on any atom is -0.492 e. The molecule has 2 amide bonds. The number of pyridine rings is 1. The number of ether oxygens (including phenoxy) is 1. The lowest BCUT2D eigenvalue weighted by molar-refractivity contribution is -0.120. The molecular formula is C25H25N3O3S. The summed E-state index contributed by atoms with van der Waals surface area (Å²) in [5.41, 5.74) is 2.50. The number of carbonyl (C=O) groups is 2. The Morgan fingerprint density at radius 1 is 1.00 bits per heavy atom. The molecule has 0 saturated carbocycles. The van der Waals surface area contributed by atoms with Crippen molar-refractivity contribution in [2.75, 3.05) is 24.6 Å². The number of amides is 2. The molecular weight excluding hydrogens is 422 g/mol. The normalized spacial score (nSPS) is 13.8. The van der Waals surface area contributed by atoms with Crippen LogP contribution in [0.4, 0.5) is 5.69 Å². The number of imide groups is 1. The molecule has 164 valence electrons. The third kappa shape index (κ3) is 4.16. The fourth-order valence-corrected chi connectivity index (χ4v) is 4.60. The quantitative estimate of drug-likeness (QED) is 0.455. The van der Waals surface area contributed by atoms with Crippen molar-refractivity contribution in [2.45, 2.75) is 20.3 Å². The summed E-state index contributed by atoms with van der Waals surface area (Å²) in [5, 5.41) is 1.92. The number of carbonyl (C=O) groups excluding carboxylic acids is 2. The van der Waals surface area contributed by atoms with Crippen molar-refractivity contribution in [3.05, 3.63) is 82.4 Å². The van der Waals surface area contributed by atoms with E-state index < -0.39 is 0 Å². The zero-order valence-corrected chi connectivity index (χ0v) is 19.0. The van der Waals surface area contributed by atoms with Crippen molar-refractivity contribution in [2.24, 2.45) is 0 Å². The Balaban J connectivity index is 1.74. The van der Waals surface area contributed by atoms with E-state index in [4.69, 9.17) is 4.74 Å². The van der Waals surface area contributed by atoms with Gasteiger partial charge in [0, 0.05) is 30.4 Å². The van der Waals surface area contributed by atoms with Gasteiger partial charge in [-0.3, -0.25) is 14.6 Å². The first-order valence-corrected chi connectivity index (χ1v) is 11.6. The van der Waals surface area contributed by atoms with Crippen LogP contribution in [-0.2, 0) is 16.0 Å². The van der Waals surface area contributed by atoms with E-state index >= 15 is 0 Å². The summed E-state index contributed by atoms with van der Waals surface area (Å²) in [7, 11) is 0. The van der Waals surface area contributed by atoms with Gasteiger partial charge in [0.2, 0.25) is 0 Å². The van der Waals surface area contributed by atoms with Crippen LogP contribution in [0.5, 0.6) is 5.75 Å². The highest BCUT2D eigenvalue weighted by Gasteiger charge is 2.43. The lowest BCUT2D eigenvalue weighted by atomic mass is 10.1. The van der Waals surface area contributed by atoms with Crippen LogP contribution in [0.1, 0.15) is 24.3 Å². The first kappa shape index (κ1) is 21.8. The predicted molar refractivity (Wildman–Crippen MR) is 127 cm³/mol. The second-order valence-electron chi connectivity index (χ2n) is 7.23. The van der Waals surface area contributed by atoms with E-state index in [1.54, 1.807) is 24.5 Å². The molecule has 0 radical (unpaired) electrons. The first-order valence-electron chi connectivity index (χ1n) is 10.7. The molecule has 0 fully saturated rings. The molecule has 32 heavy (non-hydrogen) atoms. The highest BCUT2D eigenvalue weighted by molar-refractivity contribution is 7.11. The molecule has 3 aromatic rings. The molecule has 1 aliphatic rings. The molecule has 0 spiro atoms. The number of hydrogen-bond acceptors (Lipinski definition) is 6. The number of nitrogens with zero attached hydrogens (tertiary/aromatic N) is 3. The lowest BCUT2D eigenvalue weighted by Gasteiger charge is -2.25. The number of anilines is 1. The van der Waals surface area contributed by atoms with Gasteiger partial charge in [-0.1, -0.05) is 18.2 Å². The SMILES string of the molecule is CCOc1ccccc1N1C(=O)C(c2cccs2)=C(N(CC)CCc2ccncc2)C1=O. The van der Waals surface area contributed by atoms with Crippen molar-refractivity contribution < 1.29 is 14.3 Å². The Morgan fingerprint density at radius 3 is 2.47 bits per heavy atom. The van der Waals surface area contributed by atoms with Crippen LogP contribution < -0.4 is 9.64 Å². The summed E-state index contributed by atoms with van der Waals surface area (Å²) < 4.78 is 5.72. The van der Waals surface area contributed by atoms with Gasteiger partial charge >= 0.3 is 0 Å². The number of thiophene rings is 1. The Hall–Kier alpha value is -3.45. The van der Waals surface area contributed by atoms with Crippen molar-refractivity contribution in [3.63, 3.8) is 0 Å². The van der Waals surface area contributed by atoms with E-state index in [9.17, 15) is 9.59 Å². The van der Waals surface area contributed by atoms with E-state index in [2.05, 4.69) is 4.98 Å². The summed E-state index contributed by atoms with van der Waals surface area (Å²) in [6.45, 7) is 5.54. The maximum Gasteiger partial charge on any atom is 0.282 e. The van der Waals surface area contributed by atoms with Crippen molar-refractivity contribution in [1.82, 2.24) is 9.88 Å². The van der Waals surface area contributed by atoms with Crippen LogP contribution in [0.15, 0.2) is 72.0 Å². The number of para-hydroxylation sites is 2. The maximum absolute atomic E-state index is 13.7. The second kappa shape index (κ2) is 9.78. The molecule has 0 saturated heterocycles.